The molecule has 0 unspecified atom stereocenters. The van der Waals surface area contributed by atoms with E-state index in [-0.39, 0.29) is 6.61 Å². The van der Waals surface area contributed by atoms with E-state index in [0.717, 1.165) is 33.5 Å². The second kappa shape index (κ2) is 9.75. The summed E-state index contributed by atoms with van der Waals surface area (Å²) in [5.74, 6) is 0.483. The van der Waals surface area contributed by atoms with Crippen LogP contribution in [0.25, 0.3) is 5.57 Å². The van der Waals surface area contributed by atoms with Crippen molar-refractivity contribution in [2.24, 2.45) is 0 Å². The van der Waals surface area contributed by atoms with Gasteiger partial charge >= 0.3 is 5.97 Å². The third kappa shape index (κ3) is 5.23. The van der Waals surface area contributed by atoms with Gasteiger partial charge in [0.2, 0.25) is 0 Å². The summed E-state index contributed by atoms with van der Waals surface area (Å²) in [6, 6.07) is 21.1. The van der Waals surface area contributed by atoms with Crippen LogP contribution in [-0.2, 0) is 17.6 Å². The number of rotatable bonds is 6. The maximum absolute atomic E-state index is 10.7. The Balaban J connectivity index is 1.58. The summed E-state index contributed by atoms with van der Waals surface area (Å²) in [4.78, 5) is 11.9. The highest BCUT2D eigenvalue weighted by Gasteiger charge is 2.18. The average molecular weight is 495 g/mol. The molecule has 0 radical (unpaired) electrons. The first kappa shape index (κ1) is 21.7. The summed E-state index contributed by atoms with van der Waals surface area (Å²) in [6.45, 7) is 1.61. The first-order valence-electron chi connectivity index (χ1n) is 10.2. The molecule has 1 N–H and O–H groups in total. The Labute approximate surface area is 195 Å². The van der Waals surface area contributed by atoms with Crippen molar-refractivity contribution in [2.45, 2.75) is 24.7 Å². The molecule has 1 aliphatic carbocycles. The Morgan fingerprint density at radius 2 is 1.84 bits per heavy atom. The lowest BCUT2D eigenvalue weighted by molar-refractivity contribution is -0.139. The molecule has 0 fully saturated rings. The molecule has 1 aliphatic rings. The van der Waals surface area contributed by atoms with Gasteiger partial charge in [-0.05, 0) is 83.5 Å². The molecule has 31 heavy (non-hydrogen) atoms. The fraction of sp³-hybridized carbons (Fsp3) is 0.192. The third-order valence-corrected chi connectivity index (χ3v) is 6.78. The molecule has 0 aliphatic heterocycles. The Kier molecular flexibility index (Phi) is 6.83. The van der Waals surface area contributed by atoms with E-state index in [1.165, 1.54) is 27.8 Å². The number of hydrogen-bond donors (Lipinski definition) is 1. The average Bonchev–Trinajstić information content (AvgIpc) is 2.90. The fourth-order valence-electron chi connectivity index (χ4n) is 3.90. The van der Waals surface area contributed by atoms with Gasteiger partial charge in [-0.3, -0.25) is 0 Å². The summed E-state index contributed by atoms with van der Waals surface area (Å²) >= 11 is 5.38. The molecule has 0 saturated carbocycles. The molecule has 0 amide bonds. The number of ether oxygens (including phenoxy) is 1. The van der Waals surface area contributed by atoms with Gasteiger partial charge in [-0.15, -0.1) is 11.8 Å². The van der Waals surface area contributed by atoms with Crippen molar-refractivity contribution in [1.29, 1.82) is 0 Å². The molecular formula is C26H23BrO3S. The quantitative estimate of drug-likeness (QED) is 0.395. The molecule has 0 aromatic heterocycles. The molecule has 158 valence electrons. The van der Waals surface area contributed by atoms with Crippen molar-refractivity contribution >= 4 is 39.2 Å². The molecule has 0 atom stereocenters. The zero-order valence-electron chi connectivity index (χ0n) is 17.2. The van der Waals surface area contributed by atoms with Gasteiger partial charge in [0.1, 0.15) is 5.75 Å². The van der Waals surface area contributed by atoms with Gasteiger partial charge in [-0.2, -0.15) is 0 Å². The predicted octanol–water partition coefficient (Wildman–Crippen LogP) is 6.54. The SMILES string of the molecule is Cc1cc(SC/C=C2\c3ccccc3CCc3cc(Br)ccc32)ccc1OCC(=O)O. The Hall–Kier alpha value is -2.50. The monoisotopic (exact) mass is 494 g/mol. The molecule has 0 bridgehead atoms. The predicted molar refractivity (Wildman–Crippen MR) is 130 cm³/mol. The van der Waals surface area contributed by atoms with Crippen molar-refractivity contribution in [3.8, 4) is 5.75 Å². The molecule has 3 aromatic carbocycles. The van der Waals surface area contributed by atoms with Gasteiger partial charge in [0.05, 0.1) is 0 Å². The topological polar surface area (TPSA) is 46.5 Å². The number of hydrogen-bond acceptors (Lipinski definition) is 3. The standard InChI is InChI=1S/C26H23BrO3S/c1-17-14-21(9-11-25(17)30-16-26(28)29)31-13-12-24-22-5-3-2-4-18(22)6-7-19-15-20(27)8-10-23(19)24/h2-5,8-12,14-15H,6-7,13,16H2,1H3,(H,28,29)/b24-12+. The van der Waals surface area contributed by atoms with Crippen LogP contribution in [0, 0.1) is 6.92 Å². The number of carboxylic acid groups (broad SMARTS) is 1. The van der Waals surface area contributed by atoms with Gasteiger partial charge in [0.15, 0.2) is 6.61 Å². The van der Waals surface area contributed by atoms with Crippen LogP contribution >= 0.6 is 27.7 Å². The number of carbonyl (C=O) groups is 1. The fourth-order valence-corrected chi connectivity index (χ4v) is 5.18. The molecule has 0 heterocycles. The molecule has 0 saturated heterocycles. The van der Waals surface area contributed by atoms with Gasteiger partial charge in [0, 0.05) is 15.1 Å². The van der Waals surface area contributed by atoms with Gasteiger partial charge in [-0.25, -0.2) is 4.79 Å². The Bertz CT molecular complexity index is 1150. The van der Waals surface area contributed by atoms with Crippen LogP contribution in [0.1, 0.15) is 27.8 Å². The summed E-state index contributed by atoms with van der Waals surface area (Å²) in [6.07, 6.45) is 4.40. The summed E-state index contributed by atoms with van der Waals surface area (Å²) < 4.78 is 6.45. The first-order valence-corrected chi connectivity index (χ1v) is 11.9. The number of halogens is 1. The number of benzene rings is 3. The number of aryl methyl sites for hydroxylation is 3. The van der Waals surface area contributed by atoms with E-state index < -0.39 is 5.97 Å². The maximum Gasteiger partial charge on any atom is 0.341 e. The molecule has 0 spiro atoms. The lowest BCUT2D eigenvalue weighted by Gasteiger charge is -2.13. The minimum absolute atomic E-state index is 0.325. The van der Waals surface area contributed by atoms with Crippen LogP contribution in [0.15, 0.2) is 76.1 Å². The maximum atomic E-state index is 10.7. The number of aliphatic carboxylic acids is 1. The molecule has 3 nitrogen and oxygen atoms in total. The minimum atomic E-state index is -0.972. The highest BCUT2D eigenvalue weighted by Crippen LogP contribution is 2.35. The summed E-state index contributed by atoms with van der Waals surface area (Å²) in [5, 5.41) is 8.80. The van der Waals surface area contributed by atoms with E-state index >= 15 is 0 Å². The van der Waals surface area contributed by atoms with Crippen molar-refractivity contribution in [3.63, 3.8) is 0 Å². The normalized spacial score (nSPS) is 13.9. The van der Waals surface area contributed by atoms with Gasteiger partial charge < -0.3 is 9.84 Å². The van der Waals surface area contributed by atoms with E-state index in [9.17, 15) is 4.79 Å². The third-order valence-electron chi connectivity index (χ3n) is 5.36. The lowest BCUT2D eigenvalue weighted by atomic mass is 9.94. The highest BCUT2D eigenvalue weighted by molar-refractivity contribution is 9.10. The van der Waals surface area contributed by atoms with Crippen LogP contribution in [0.5, 0.6) is 5.75 Å². The van der Waals surface area contributed by atoms with Crippen LogP contribution in [0.2, 0.25) is 0 Å². The largest absolute Gasteiger partial charge is 0.482 e. The summed E-state index contributed by atoms with van der Waals surface area (Å²) in [7, 11) is 0. The second-order valence-corrected chi connectivity index (χ2v) is 9.51. The molecule has 4 rings (SSSR count). The molecule has 3 aromatic rings. The number of carboxylic acids is 1. The van der Waals surface area contributed by atoms with Gasteiger partial charge in [0.25, 0.3) is 0 Å². The van der Waals surface area contributed by atoms with E-state index in [0.29, 0.717) is 5.75 Å². The van der Waals surface area contributed by atoms with Crippen molar-refractivity contribution in [2.75, 3.05) is 12.4 Å². The van der Waals surface area contributed by atoms with Crippen molar-refractivity contribution in [3.05, 3.63) is 99.0 Å². The van der Waals surface area contributed by atoms with Crippen molar-refractivity contribution in [1.82, 2.24) is 0 Å². The van der Waals surface area contributed by atoms with E-state index in [1.807, 2.05) is 25.1 Å². The van der Waals surface area contributed by atoms with Gasteiger partial charge in [-0.1, -0.05) is 52.3 Å². The highest BCUT2D eigenvalue weighted by atomic mass is 79.9. The van der Waals surface area contributed by atoms with Crippen LogP contribution in [-0.4, -0.2) is 23.4 Å². The first-order chi connectivity index (χ1) is 15.0. The van der Waals surface area contributed by atoms with E-state index in [2.05, 4.69) is 64.5 Å². The van der Waals surface area contributed by atoms with Crippen LogP contribution in [0.4, 0.5) is 0 Å². The smallest absolute Gasteiger partial charge is 0.341 e. The number of fused-ring (bicyclic) bond motifs is 2. The second-order valence-electron chi connectivity index (χ2n) is 7.50. The molecule has 5 heteroatoms. The van der Waals surface area contributed by atoms with Crippen molar-refractivity contribution < 1.29 is 14.6 Å². The van der Waals surface area contributed by atoms with E-state index in [1.54, 1.807) is 11.8 Å². The zero-order valence-corrected chi connectivity index (χ0v) is 19.6. The summed E-state index contributed by atoms with van der Waals surface area (Å²) in [5.41, 5.74) is 7.62. The zero-order chi connectivity index (χ0) is 21.8. The van der Waals surface area contributed by atoms with E-state index in [4.69, 9.17) is 9.84 Å². The Morgan fingerprint density at radius 1 is 1.06 bits per heavy atom. The van der Waals surface area contributed by atoms with Crippen LogP contribution in [0.3, 0.4) is 0 Å². The lowest BCUT2D eigenvalue weighted by Crippen LogP contribution is -2.09. The number of thioether (sulfide) groups is 1. The van der Waals surface area contributed by atoms with Crippen LogP contribution < -0.4 is 4.74 Å². The Morgan fingerprint density at radius 3 is 2.65 bits per heavy atom. The minimum Gasteiger partial charge on any atom is -0.482 e. The molecular weight excluding hydrogens is 472 g/mol.